The Balaban J connectivity index is 0.000000941. The van der Waals surface area contributed by atoms with Gasteiger partial charge in [-0.05, 0) is 6.42 Å². The van der Waals surface area contributed by atoms with Gasteiger partial charge < -0.3 is 10.2 Å². The van der Waals surface area contributed by atoms with Crippen molar-refractivity contribution in [2.45, 2.75) is 58.4 Å². The van der Waals surface area contributed by atoms with Crippen molar-refractivity contribution in [3.8, 4) is 0 Å². The van der Waals surface area contributed by atoms with Crippen molar-refractivity contribution >= 4 is 29.6 Å². The Morgan fingerprint density at radius 2 is 1.62 bits per heavy atom. The van der Waals surface area contributed by atoms with Crippen LogP contribution in [0.1, 0.15) is 52.4 Å². The Labute approximate surface area is 170 Å². The first-order chi connectivity index (χ1) is 13.9. The van der Waals surface area contributed by atoms with E-state index in [0.717, 1.165) is 26.2 Å². The van der Waals surface area contributed by atoms with Crippen molar-refractivity contribution in [2.75, 3.05) is 32.7 Å². The molecule has 3 rings (SSSR count). The van der Waals surface area contributed by atoms with Crippen molar-refractivity contribution in [3.63, 3.8) is 0 Å². The smallest absolute Gasteiger partial charge is 0.330 e. The summed E-state index contributed by atoms with van der Waals surface area (Å²) in [7, 11) is 0. The fourth-order valence-corrected chi connectivity index (χ4v) is 3.37. The molecule has 3 fully saturated rings. The zero-order valence-corrected chi connectivity index (χ0v) is 17.1. The third-order valence-electron chi connectivity index (χ3n) is 4.77. The van der Waals surface area contributed by atoms with Gasteiger partial charge in [0, 0.05) is 52.0 Å². The average Bonchev–Trinajstić information content (AvgIpc) is 3.16. The van der Waals surface area contributed by atoms with Crippen LogP contribution in [0.3, 0.4) is 0 Å². The summed E-state index contributed by atoms with van der Waals surface area (Å²) in [6.45, 7) is 7.40. The van der Waals surface area contributed by atoms with Crippen LogP contribution < -0.4 is 5.32 Å². The SMILES string of the molecule is CCC.O=C(CCCN1C(=O)CC(N2CCNCC2)C1=O)ON1C(=O)CCC1=O. The quantitative estimate of drug-likeness (QED) is 0.600. The highest BCUT2D eigenvalue weighted by Gasteiger charge is 2.41. The third kappa shape index (κ3) is 6.07. The Morgan fingerprint density at radius 3 is 2.21 bits per heavy atom. The lowest BCUT2D eigenvalue weighted by Crippen LogP contribution is -2.51. The van der Waals surface area contributed by atoms with Gasteiger partial charge in [-0.1, -0.05) is 20.3 Å². The maximum absolute atomic E-state index is 12.5. The number of likely N-dealkylation sites (tertiary alicyclic amines) is 1. The van der Waals surface area contributed by atoms with Crippen LogP contribution >= 0.6 is 0 Å². The van der Waals surface area contributed by atoms with Crippen LogP contribution in [0.5, 0.6) is 0 Å². The van der Waals surface area contributed by atoms with E-state index in [9.17, 15) is 24.0 Å². The zero-order chi connectivity index (χ0) is 21.4. The molecule has 3 heterocycles. The van der Waals surface area contributed by atoms with E-state index in [0.29, 0.717) is 5.06 Å². The second-order valence-corrected chi connectivity index (χ2v) is 7.25. The van der Waals surface area contributed by atoms with Gasteiger partial charge in [-0.3, -0.25) is 29.0 Å². The van der Waals surface area contributed by atoms with Gasteiger partial charge in [0.05, 0.1) is 12.5 Å². The Bertz CT molecular complexity index is 631. The van der Waals surface area contributed by atoms with Gasteiger partial charge in [0.1, 0.15) is 0 Å². The minimum absolute atomic E-state index is 0.0380. The highest BCUT2D eigenvalue weighted by atomic mass is 16.7. The monoisotopic (exact) mass is 410 g/mol. The van der Waals surface area contributed by atoms with Crippen LogP contribution in [-0.4, -0.2) is 83.2 Å². The number of rotatable bonds is 6. The summed E-state index contributed by atoms with van der Waals surface area (Å²) in [5.41, 5.74) is 0. The summed E-state index contributed by atoms with van der Waals surface area (Å²) in [6.07, 6.45) is 1.62. The molecule has 0 bridgehead atoms. The number of hydrogen-bond donors (Lipinski definition) is 1. The van der Waals surface area contributed by atoms with Crippen LogP contribution in [0, 0.1) is 0 Å². The molecular weight excluding hydrogens is 380 g/mol. The molecule has 29 heavy (non-hydrogen) atoms. The maximum atomic E-state index is 12.5. The van der Waals surface area contributed by atoms with Crippen molar-refractivity contribution in [2.24, 2.45) is 0 Å². The molecule has 0 aromatic heterocycles. The van der Waals surface area contributed by atoms with E-state index in [-0.39, 0.29) is 50.5 Å². The molecule has 3 aliphatic heterocycles. The standard InChI is InChI=1S/C16H22N4O6.C3H8/c21-12-3-4-13(22)20(12)26-15(24)2-1-7-19-14(23)10-11(16(19)25)18-8-5-17-6-9-18;1-3-2/h11,17H,1-10H2;3H2,1-2H3. The predicted molar refractivity (Wildman–Crippen MR) is 102 cm³/mol. The Hall–Kier alpha value is -2.33. The highest BCUT2D eigenvalue weighted by Crippen LogP contribution is 2.20. The number of amides is 4. The van der Waals surface area contributed by atoms with Gasteiger partial charge in [-0.25, -0.2) is 4.79 Å². The molecule has 0 saturated carbocycles. The van der Waals surface area contributed by atoms with Crippen LogP contribution in [0.15, 0.2) is 0 Å². The number of carbonyl (C=O) groups is 5. The van der Waals surface area contributed by atoms with Crippen LogP contribution in [0.4, 0.5) is 0 Å². The fraction of sp³-hybridized carbons (Fsp3) is 0.737. The van der Waals surface area contributed by atoms with E-state index < -0.39 is 23.8 Å². The van der Waals surface area contributed by atoms with E-state index in [1.165, 1.54) is 11.3 Å². The highest BCUT2D eigenvalue weighted by molar-refractivity contribution is 6.05. The Kier molecular flexibility index (Phi) is 8.71. The molecule has 10 nitrogen and oxygen atoms in total. The predicted octanol–water partition coefficient (Wildman–Crippen LogP) is -0.177. The minimum Gasteiger partial charge on any atom is -0.330 e. The second kappa shape index (κ2) is 11.0. The molecular formula is C19H30N4O6. The molecule has 4 amide bonds. The number of imide groups is 2. The van der Waals surface area contributed by atoms with Crippen LogP contribution in [0.25, 0.3) is 0 Å². The molecule has 1 atom stereocenters. The number of nitrogens with zero attached hydrogens (tertiary/aromatic N) is 3. The summed E-state index contributed by atoms with van der Waals surface area (Å²) >= 11 is 0. The van der Waals surface area contributed by atoms with Crippen molar-refractivity contribution in [1.29, 1.82) is 0 Å². The number of carbonyl (C=O) groups excluding carboxylic acids is 5. The molecule has 0 radical (unpaired) electrons. The number of piperazine rings is 1. The maximum Gasteiger partial charge on any atom is 0.333 e. The van der Waals surface area contributed by atoms with Gasteiger partial charge in [-0.15, -0.1) is 5.06 Å². The molecule has 10 heteroatoms. The van der Waals surface area contributed by atoms with Crippen LogP contribution in [-0.2, 0) is 28.8 Å². The molecule has 0 aromatic rings. The van der Waals surface area contributed by atoms with Crippen molar-refractivity contribution in [3.05, 3.63) is 0 Å². The fourth-order valence-electron chi connectivity index (χ4n) is 3.37. The summed E-state index contributed by atoms with van der Waals surface area (Å²) < 4.78 is 0. The summed E-state index contributed by atoms with van der Waals surface area (Å²) in [4.78, 5) is 67.1. The molecule has 1 N–H and O–H groups in total. The molecule has 162 valence electrons. The lowest BCUT2D eigenvalue weighted by atomic mass is 10.2. The van der Waals surface area contributed by atoms with E-state index in [2.05, 4.69) is 19.2 Å². The first-order valence-electron chi connectivity index (χ1n) is 10.2. The van der Waals surface area contributed by atoms with Gasteiger partial charge in [0.2, 0.25) is 11.8 Å². The average molecular weight is 410 g/mol. The van der Waals surface area contributed by atoms with Gasteiger partial charge in [0.25, 0.3) is 11.8 Å². The summed E-state index contributed by atoms with van der Waals surface area (Å²) in [6, 6.07) is -0.420. The molecule has 0 aromatic carbocycles. The van der Waals surface area contributed by atoms with Gasteiger partial charge in [-0.2, -0.15) is 0 Å². The van der Waals surface area contributed by atoms with Crippen molar-refractivity contribution in [1.82, 2.24) is 20.2 Å². The van der Waals surface area contributed by atoms with E-state index in [1.54, 1.807) is 0 Å². The van der Waals surface area contributed by atoms with Gasteiger partial charge in [0.15, 0.2) is 0 Å². The lowest BCUT2D eigenvalue weighted by molar-refractivity contribution is -0.197. The molecule has 0 spiro atoms. The van der Waals surface area contributed by atoms with E-state index in [1.807, 2.05) is 4.90 Å². The van der Waals surface area contributed by atoms with E-state index in [4.69, 9.17) is 4.84 Å². The summed E-state index contributed by atoms with van der Waals surface area (Å²) in [5, 5.41) is 3.70. The first kappa shape index (κ1) is 23.0. The molecule has 3 aliphatic rings. The molecule has 1 unspecified atom stereocenters. The normalized spacial score (nSPS) is 22.8. The molecule has 0 aliphatic carbocycles. The summed E-state index contributed by atoms with van der Waals surface area (Å²) in [5.74, 6) is -2.27. The van der Waals surface area contributed by atoms with Gasteiger partial charge >= 0.3 is 5.97 Å². The number of nitrogens with one attached hydrogen (secondary N) is 1. The largest absolute Gasteiger partial charge is 0.333 e. The second-order valence-electron chi connectivity index (χ2n) is 7.25. The third-order valence-corrected chi connectivity index (χ3v) is 4.77. The Morgan fingerprint density at radius 1 is 1.03 bits per heavy atom. The number of hydrogen-bond acceptors (Lipinski definition) is 8. The number of hydroxylamine groups is 2. The van der Waals surface area contributed by atoms with Crippen LogP contribution in [0.2, 0.25) is 0 Å². The first-order valence-corrected chi connectivity index (χ1v) is 10.2. The zero-order valence-electron chi connectivity index (χ0n) is 17.1. The lowest BCUT2D eigenvalue weighted by Gasteiger charge is -2.31. The topological polar surface area (TPSA) is 116 Å². The minimum atomic E-state index is -0.730. The molecule has 3 saturated heterocycles. The van der Waals surface area contributed by atoms with Crippen molar-refractivity contribution < 1.29 is 28.8 Å². The van der Waals surface area contributed by atoms with E-state index >= 15 is 0 Å².